The van der Waals surface area contributed by atoms with Crippen molar-refractivity contribution in [3.8, 4) is 5.69 Å². The molecule has 1 fully saturated rings. The molecule has 1 aliphatic rings. The molecule has 4 heteroatoms. The topological polar surface area (TPSA) is 46.9 Å². The minimum atomic E-state index is -0.247. The van der Waals surface area contributed by atoms with Crippen molar-refractivity contribution in [2.75, 3.05) is 0 Å². The van der Waals surface area contributed by atoms with Gasteiger partial charge in [0.25, 0.3) is 5.91 Å². The summed E-state index contributed by atoms with van der Waals surface area (Å²) >= 11 is 0. The first-order valence-corrected chi connectivity index (χ1v) is 8.68. The Kier molecular flexibility index (Phi) is 3.88. The van der Waals surface area contributed by atoms with E-state index < -0.39 is 0 Å². The van der Waals surface area contributed by atoms with Gasteiger partial charge in [0, 0.05) is 5.69 Å². The molecule has 0 aliphatic heterocycles. The van der Waals surface area contributed by atoms with Crippen molar-refractivity contribution in [2.45, 2.75) is 31.7 Å². The zero-order valence-electron chi connectivity index (χ0n) is 14.3. The smallest absolute Gasteiger partial charge is 0.272 e. The van der Waals surface area contributed by atoms with Crippen LogP contribution in [-0.2, 0) is 5.54 Å². The molecule has 2 aromatic carbocycles. The largest absolute Gasteiger partial charge is 0.341 e. The van der Waals surface area contributed by atoms with Crippen LogP contribution in [0.5, 0.6) is 0 Å². The van der Waals surface area contributed by atoms with Crippen LogP contribution in [-0.4, -0.2) is 15.7 Å². The van der Waals surface area contributed by atoms with Crippen molar-refractivity contribution in [1.82, 2.24) is 15.1 Å². The lowest BCUT2D eigenvalue weighted by Crippen LogP contribution is -2.50. The summed E-state index contributed by atoms with van der Waals surface area (Å²) in [5.74, 6) is -0.110. The highest BCUT2D eigenvalue weighted by molar-refractivity contribution is 5.93. The Morgan fingerprint density at radius 2 is 1.68 bits per heavy atom. The van der Waals surface area contributed by atoms with E-state index in [0.29, 0.717) is 5.69 Å². The summed E-state index contributed by atoms with van der Waals surface area (Å²) in [6.07, 6.45) is 3.08. The molecule has 1 aliphatic carbocycles. The molecule has 0 spiro atoms. The molecule has 4 nitrogen and oxygen atoms in total. The Balaban J connectivity index is 1.60. The van der Waals surface area contributed by atoms with E-state index in [1.807, 2.05) is 66.2 Å². The molecule has 126 valence electrons. The van der Waals surface area contributed by atoms with Gasteiger partial charge in [-0.25, -0.2) is 4.68 Å². The van der Waals surface area contributed by atoms with Crippen LogP contribution in [0.4, 0.5) is 0 Å². The minimum Gasteiger partial charge on any atom is -0.341 e. The maximum absolute atomic E-state index is 12.8. The standard InChI is InChI=1S/C21H21N3O/c1-16-15-19(23-24(16)18-11-6-3-7-12-18)20(25)22-21(13-8-14-21)17-9-4-2-5-10-17/h2-7,9-12,15H,8,13-14H2,1H3,(H,22,25). The van der Waals surface area contributed by atoms with Crippen LogP contribution in [0, 0.1) is 6.92 Å². The van der Waals surface area contributed by atoms with Gasteiger partial charge in [-0.2, -0.15) is 5.10 Å². The number of aromatic nitrogens is 2. The Labute approximate surface area is 147 Å². The SMILES string of the molecule is Cc1cc(C(=O)NC2(c3ccccc3)CCC2)nn1-c1ccccc1. The lowest BCUT2D eigenvalue weighted by molar-refractivity contribution is 0.0817. The summed E-state index contributed by atoms with van der Waals surface area (Å²) < 4.78 is 1.81. The Morgan fingerprint density at radius 1 is 1.04 bits per heavy atom. The van der Waals surface area contributed by atoms with Gasteiger partial charge in [0.15, 0.2) is 5.69 Å². The molecule has 1 heterocycles. The van der Waals surface area contributed by atoms with Crippen molar-refractivity contribution < 1.29 is 4.79 Å². The molecular weight excluding hydrogens is 310 g/mol. The number of carbonyl (C=O) groups excluding carboxylic acids is 1. The zero-order chi connectivity index (χ0) is 17.3. The van der Waals surface area contributed by atoms with Crippen molar-refractivity contribution in [3.05, 3.63) is 83.7 Å². The fourth-order valence-electron chi connectivity index (χ4n) is 3.47. The number of carbonyl (C=O) groups is 1. The van der Waals surface area contributed by atoms with Gasteiger partial charge in [0.2, 0.25) is 0 Å². The fraction of sp³-hybridized carbons (Fsp3) is 0.238. The maximum Gasteiger partial charge on any atom is 0.272 e. The lowest BCUT2D eigenvalue weighted by atomic mass is 9.71. The quantitative estimate of drug-likeness (QED) is 0.786. The van der Waals surface area contributed by atoms with Crippen LogP contribution in [0.25, 0.3) is 5.69 Å². The van der Waals surface area contributed by atoms with Crippen LogP contribution in [0.2, 0.25) is 0 Å². The maximum atomic E-state index is 12.8. The first-order valence-electron chi connectivity index (χ1n) is 8.68. The second-order valence-corrected chi connectivity index (χ2v) is 6.67. The number of para-hydroxylation sites is 1. The number of nitrogens with one attached hydrogen (secondary N) is 1. The number of rotatable bonds is 4. The van der Waals surface area contributed by atoms with Gasteiger partial charge in [-0.05, 0) is 49.9 Å². The van der Waals surface area contributed by atoms with E-state index in [9.17, 15) is 4.79 Å². The zero-order valence-corrected chi connectivity index (χ0v) is 14.3. The second-order valence-electron chi connectivity index (χ2n) is 6.67. The third kappa shape index (κ3) is 2.84. The average molecular weight is 331 g/mol. The van der Waals surface area contributed by atoms with E-state index in [0.717, 1.165) is 30.6 Å². The molecule has 4 rings (SSSR count). The number of amides is 1. The van der Waals surface area contributed by atoms with Gasteiger partial charge in [0.05, 0.1) is 11.2 Å². The summed E-state index contributed by atoms with van der Waals surface area (Å²) in [6, 6.07) is 22.0. The highest BCUT2D eigenvalue weighted by Crippen LogP contribution is 2.41. The predicted octanol–water partition coefficient (Wildman–Crippen LogP) is 3.99. The van der Waals surface area contributed by atoms with E-state index in [1.165, 1.54) is 5.56 Å². The molecule has 0 bridgehead atoms. The predicted molar refractivity (Wildman–Crippen MR) is 97.7 cm³/mol. The first-order chi connectivity index (χ1) is 12.2. The van der Waals surface area contributed by atoms with Crippen LogP contribution in [0.3, 0.4) is 0 Å². The number of hydrogen-bond donors (Lipinski definition) is 1. The van der Waals surface area contributed by atoms with E-state index in [2.05, 4.69) is 22.5 Å². The van der Waals surface area contributed by atoms with Crippen molar-refractivity contribution in [2.24, 2.45) is 0 Å². The molecule has 0 atom stereocenters. The molecule has 0 unspecified atom stereocenters. The number of benzene rings is 2. The van der Waals surface area contributed by atoms with Crippen molar-refractivity contribution in [3.63, 3.8) is 0 Å². The summed E-state index contributed by atoms with van der Waals surface area (Å²) in [6.45, 7) is 1.97. The highest BCUT2D eigenvalue weighted by Gasteiger charge is 2.40. The van der Waals surface area contributed by atoms with E-state index in [-0.39, 0.29) is 11.4 Å². The molecule has 1 amide bonds. The Bertz CT molecular complexity index is 880. The number of hydrogen-bond acceptors (Lipinski definition) is 2. The van der Waals surface area contributed by atoms with Crippen LogP contribution < -0.4 is 5.32 Å². The third-order valence-electron chi connectivity index (χ3n) is 5.01. The van der Waals surface area contributed by atoms with Crippen molar-refractivity contribution in [1.29, 1.82) is 0 Å². The summed E-state index contributed by atoms with van der Waals surface area (Å²) in [5.41, 5.74) is 3.29. The second kappa shape index (κ2) is 6.20. The highest BCUT2D eigenvalue weighted by atomic mass is 16.2. The molecule has 25 heavy (non-hydrogen) atoms. The molecule has 1 aromatic heterocycles. The first kappa shape index (κ1) is 15.6. The molecular formula is C21H21N3O. The van der Waals surface area contributed by atoms with Gasteiger partial charge in [-0.15, -0.1) is 0 Å². The van der Waals surface area contributed by atoms with Crippen LogP contribution in [0.1, 0.15) is 41.0 Å². The number of aryl methyl sites for hydroxylation is 1. The summed E-state index contributed by atoms with van der Waals surface area (Å²) in [7, 11) is 0. The van der Waals surface area contributed by atoms with Crippen LogP contribution >= 0.6 is 0 Å². The van der Waals surface area contributed by atoms with E-state index >= 15 is 0 Å². The van der Waals surface area contributed by atoms with E-state index in [1.54, 1.807) is 0 Å². The molecule has 1 saturated carbocycles. The van der Waals surface area contributed by atoms with Gasteiger partial charge in [0.1, 0.15) is 0 Å². The van der Waals surface area contributed by atoms with Gasteiger partial charge in [-0.1, -0.05) is 48.5 Å². The average Bonchev–Trinajstić information content (AvgIpc) is 3.01. The Hall–Kier alpha value is -2.88. The third-order valence-corrected chi connectivity index (χ3v) is 5.01. The molecule has 0 saturated heterocycles. The molecule has 3 aromatic rings. The van der Waals surface area contributed by atoms with Crippen LogP contribution in [0.15, 0.2) is 66.7 Å². The molecule has 0 radical (unpaired) electrons. The normalized spacial score (nSPS) is 15.4. The number of nitrogens with zero attached hydrogens (tertiary/aromatic N) is 2. The summed E-state index contributed by atoms with van der Waals surface area (Å²) in [5, 5.41) is 7.76. The van der Waals surface area contributed by atoms with Crippen molar-refractivity contribution >= 4 is 5.91 Å². The minimum absolute atomic E-state index is 0.110. The lowest BCUT2D eigenvalue weighted by Gasteiger charge is -2.43. The fourth-order valence-corrected chi connectivity index (χ4v) is 3.47. The van der Waals surface area contributed by atoms with Gasteiger partial charge >= 0.3 is 0 Å². The monoisotopic (exact) mass is 331 g/mol. The molecule has 1 N–H and O–H groups in total. The van der Waals surface area contributed by atoms with Gasteiger partial charge < -0.3 is 5.32 Å². The Morgan fingerprint density at radius 3 is 2.28 bits per heavy atom. The summed E-state index contributed by atoms with van der Waals surface area (Å²) in [4.78, 5) is 12.8. The van der Waals surface area contributed by atoms with Gasteiger partial charge in [-0.3, -0.25) is 4.79 Å². The van der Waals surface area contributed by atoms with E-state index in [4.69, 9.17) is 0 Å².